The molecule has 0 saturated heterocycles. The fourth-order valence-corrected chi connectivity index (χ4v) is 4.48. The molecule has 0 fully saturated rings. The zero-order valence-corrected chi connectivity index (χ0v) is 22.7. The third-order valence-corrected chi connectivity index (χ3v) is 6.60. The molecule has 7 aromatic rings. The molecule has 0 saturated carbocycles. The molecule has 0 bridgehead atoms. The van der Waals surface area contributed by atoms with Gasteiger partial charge in [-0.25, -0.2) is 28.7 Å². The van der Waals surface area contributed by atoms with E-state index >= 15 is 0 Å². The van der Waals surface area contributed by atoms with Crippen molar-refractivity contribution < 1.29 is 8.78 Å². The van der Waals surface area contributed by atoms with Gasteiger partial charge in [-0.2, -0.15) is 0 Å². The lowest BCUT2D eigenvalue weighted by atomic mass is 10.1. The quantitative estimate of drug-likeness (QED) is 0.212. The molecule has 1 N–H and O–H groups in total. The third kappa shape index (κ3) is 6.04. The number of benzene rings is 4. The minimum absolute atomic E-state index is 0.283. The van der Waals surface area contributed by atoms with Crippen molar-refractivity contribution in [1.29, 1.82) is 0 Å². The predicted octanol–water partition coefficient (Wildman–Crippen LogP) is 8.66. The Morgan fingerprint density at radius 2 is 1.02 bits per heavy atom. The number of nitrogens with one attached hydrogen (secondary N) is 1. The average molecular weight is 575 g/mol. The molecule has 0 radical (unpaired) electrons. The van der Waals surface area contributed by atoms with Gasteiger partial charge in [-0.15, -0.1) is 0 Å². The highest BCUT2D eigenvalue weighted by Gasteiger charge is 2.10. The minimum Gasteiger partial charge on any atom is -0.340 e. The predicted molar refractivity (Wildman–Crippen MR) is 162 cm³/mol. The van der Waals surface area contributed by atoms with Crippen LogP contribution in [0.15, 0.2) is 122 Å². The van der Waals surface area contributed by atoms with E-state index < -0.39 is 0 Å². The maximum absolute atomic E-state index is 13.2. The molecule has 0 spiro atoms. The van der Waals surface area contributed by atoms with E-state index in [-0.39, 0.29) is 11.6 Å². The molecule has 0 aliphatic carbocycles. The maximum Gasteiger partial charge on any atom is 0.162 e. The van der Waals surface area contributed by atoms with Crippen molar-refractivity contribution in [1.82, 2.24) is 24.9 Å². The van der Waals surface area contributed by atoms with Crippen LogP contribution in [0.5, 0.6) is 0 Å². The zero-order valence-electron chi connectivity index (χ0n) is 21.9. The SMILES string of the molecule is Fc1ccc(-c2nc(Cl)c3ccccc3n2)cc1.Fc1ccc(-c2nc(Nc3ccncc3)c3ccccc3n2)cc1. The van der Waals surface area contributed by atoms with E-state index in [2.05, 4.69) is 30.2 Å². The summed E-state index contributed by atoms with van der Waals surface area (Å²) in [6, 6.07) is 31.2. The van der Waals surface area contributed by atoms with Crippen LogP contribution in [0.1, 0.15) is 0 Å². The second kappa shape index (κ2) is 12.0. The van der Waals surface area contributed by atoms with Crippen LogP contribution >= 0.6 is 11.6 Å². The largest absolute Gasteiger partial charge is 0.340 e. The van der Waals surface area contributed by atoms with Gasteiger partial charge in [0.1, 0.15) is 22.6 Å². The number of anilines is 2. The molecule has 0 unspecified atom stereocenters. The van der Waals surface area contributed by atoms with Gasteiger partial charge >= 0.3 is 0 Å². The Hall–Kier alpha value is -5.34. The number of halogens is 3. The Morgan fingerprint density at radius 3 is 1.62 bits per heavy atom. The number of pyridine rings is 1. The summed E-state index contributed by atoms with van der Waals surface area (Å²) in [5.74, 6) is 1.18. The van der Waals surface area contributed by atoms with E-state index in [0.29, 0.717) is 22.6 Å². The Bertz CT molecular complexity index is 1990. The van der Waals surface area contributed by atoms with Crippen molar-refractivity contribution in [2.24, 2.45) is 0 Å². The highest BCUT2D eigenvalue weighted by molar-refractivity contribution is 6.34. The summed E-state index contributed by atoms with van der Waals surface area (Å²) < 4.78 is 26.0. The molecule has 3 heterocycles. The van der Waals surface area contributed by atoms with Crippen molar-refractivity contribution in [2.75, 3.05) is 5.32 Å². The van der Waals surface area contributed by atoms with Crippen molar-refractivity contribution >= 4 is 44.9 Å². The molecule has 3 aromatic heterocycles. The van der Waals surface area contributed by atoms with Crippen LogP contribution in [0.2, 0.25) is 5.15 Å². The van der Waals surface area contributed by atoms with Crippen LogP contribution in [0.3, 0.4) is 0 Å². The van der Waals surface area contributed by atoms with E-state index in [1.165, 1.54) is 24.3 Å². The van der Waals surface area contributed by atoms with Crippen molar-refractivity contribution in [3.05, 3.63) is 138 Å². The van der Waals surface area contributed by atoms with Crippen molar-refractivity contribution in [3.63, 3.8) is 0 Å². The molecule has 7 rings (SSSR count). The lowest BCUT2D eigenvalue weighted by molar-refractivity contribution is 0.627. The van der Waals surface area contributed by atoms with Gasteiger partial charge in [-0.05, 0) is 84.9 Å². The lowest BCUT2D eigenvalue weighted by Crippen LogP contribution is -1.99. The summed E-state index contributed by atoms with van der Waals surface area (Å²) in [4.78, 5) is 21.9. The second-order valence-electron chi connectivity index (χ2n) is 9.14. The molecule has 0 amide bonds. The van der Waals surface area contributed by atoms with E-state index in [0.717, 1.165) is 38.6 Å². The molecule has 42 heavy (non-hydrogen) atoms. The van der Waals surface area contributed by atoms with Crippen LogP contribution in [0.4, 0.5) is 20.3 Å². The summed E-state index contributed by atoms with van der Waals surface area (Å²) in [6.07, 6.45) is 3.43. The molecular weight excluding hydrogens is 554 g/mol. The molecule has 4 aromatic carbocycles. The standard InChI is InChI=1S/C19H13FN4.C14H8ClFN2/c20-14-7-5-13(6-8-14)18-23-17-4-2-1-3-16(17)19(24-18)22-15-9-11-21-12-10-15;15-13-11-3-1-2-4-12(11)17-14(18-13)9-5-7-10(16)8-6-9/h1-12H,(H,21,22,23,24);1-8H. The zero-order chi connectivity index (χ0) is 28.9. The number of hydrogen-bond donors (Lipinski definition) is 1. The average Bonchev–Trinajstić information content (AvgIpc) is 3.02. The summed E-state index contributed by atoms with van der Waals surface area (Å²) in [6.45, 7) is 0. The van der Waals surface area contributed by atoms with Gasteiger partial charge in [0, 0.05) is 40.0 Å². The number of nitrogens with zero attached hydrogens (tertiary/aromatic N) is 5. The van der Waals surface area contributed by atoms with Crippen LogP contribution in [0, 0.1) is 11.6 Å². The maximum atomic E-state index is 13.2. The Balaban J connectivity index is 0.000000157. The summed E-state index contributed by atoms with van der Waals surface area (Å²) in [5.41, 5.74) is 3.99. The first-order valence-electron chi connectivity index (χ1n) is 12.9. The lowest BCUT2D eigenvalue weighted by Gasteiger charge is -2.11. The fraction of sp³-hybridized carbons (Fsp3) is 0. The summed E-state index contributed by atoms with van der Waals surface area (Å²) >= 11 is 6.12. The van der Waals surface area contributed by atoms with E-state index in [4.69, 9.17) is 11.6 Å². The fourth-order valence-electron chi connectivity index (χ4n) is 4.24. The molecular formula is C33H21ClF2N6. The number of rotatable bonds is 4. The third-order valence-electron chi connectivity index (χ3n) is 6.31. The van der Waals surface area contributed by atoms with Gasteiger partial charge < -0.3 is 5.32 Å². The highest BCUT2D eigenvalue weighted by Crippen LogP contribution is 2.27. The highest BCUT2D eigenvalue weighted by atomic mass is 35.5. The van der Waals surface area contributed by atoms with Crippen molar-refractivity contribution in [3.8, 4) is 22.8 Å². The molecule has 204 valence electrons. The molecule has 0 aliphatic rings. The monoisotopic (exact) mass is 574 g/mol. The van der Waals surface area contributed by atoms with E-state index in [9.17, 15) is 8.78 Å². The van der Waals surface area contributed by atoms with E-state index in [1.807, 2.05) is 60.7 Å². The number of hydrogen-bond acceptors (Lipinski definition) is 6. The van der Waals surface area contributed by atoms with E-state index in [1.54, 1.807) is 36.7 Å². The Kier molecular flexibility index (Phi) is 7.70. The first kappa shape index (κ1) is 26.9. The number of fused-ring (bicyclic) bond motifs is 2. The minimum atomic E-state index is -0.286. The molecule has 0 atom stereocenters. The second-order valence-corrected chi connectivity index (χ2v) is 9.50. The van der Waals surface area contributed by atoms with Crippen LogP contribution in [-0.4, -0.2) is 24.9 Å². The molecule has 6 nitrogen and oxygen atoms in total. The van der Waals surface area contributed by atoms with Crippen LogP contribution < -0.4 is 5.32 Å². The number of aromatic nitrogens is 5. The molecule has 0 aliphatic heterocycles. The van der Waals surface area contributed by atoms with Gasteiger partial charge in [-0.1, -0.05) is 35.9 Å². The normalized spacial score (nSPS) is 10.7. The summed E-state index contributed by atoms with van der Waals surface area (Å²) in [5, 5.41) is 5.43. The van der Waals surface area contributed by atoms with Gasteiger partial charge in [-0.3, -0.25) is 4.98 Å². The first-order chi connectivity index (χ1) is 20.5. The van der Waals surface area contributed by atoms with Gasteiger partial charge in [0.25, 0.3) is 0 Å². The smallest absolute Gasteiger partial charge is 0.162 e. The number of para-hydroxylation sites is 2. The first-order valence-corrected chi connectivity index (χ1v) is 13.3. The topological polar surface area (TPSA) is 76.5 Å². The molecule has 9 heteroatoms. The van der Waals surface area contributed by atoms with Gasteiger partial charge in [0.05, 0.1) is 11.0 Å². The van der Waals surface area contributed by atoms with Crippen LogP contribution in [0.25, 0.3) is 44.6 Å². The Morgan fingerprint density at radius 1 is 0.524 bits per heavy atom. The van der Waals surface area contributed by atoms with Crippen LogP contribution in [-0.2, 0) is 0 Å². The van der Waals surface area contributed by atoms with Gasteiger partial charge in [0.2, 0.25) is 0 Å². The Labute approximate surface area is 244 Å². The summed E-state index contributed by atoms with van der Waals surface area (Å²) in [7, 11) is 0. The van der Waals surface area contributed by atoms with Crippen molar-refractivity contribution in [2.45, 2.75) is 0 Å². The van der Waals surface area contributed by atoms with Gasteiger partial charge in [0.15, 0.2) is 11.6 Å².